The van der Waals surface area contributed by atoms with E-state index in [4.69, 9.17) is 0 Å². The van der Waals surface area contributed by atoms with E-state index in [-0.39, 0.29) is 0 Å². The molecule has 0 spiro atoms. The van der Waals surface area contributed by atoms with Crippen molar-refractivity contribution in [2.75, 3.05) is 5.32 Å². The molecule has 136 valence electrons. The van der Waals surface area contributed by atoms with Crippen LogP contribution >= 0.6 is 0 Å². The molecule has 2 aromatic carbocycles. The minimum absolute atomic E-state index is 0.520. The number of H-pyrrole nitrogens is 1. The summed E-state index contributed by atoms with van der Waals surface area (Å²) in [5.41, 5.74) is 7.38. The van der Waals surface area contributed by atoms with Crippen molar-refractivity contribution in [1.29, 1.82) is 5.26 Å². The second-order valence-corrected chi connectivity index (χ2v) is 6.70. The van der Waals surface area contributed by atoms with Gasteiger partial charge in [-0.1, -0.05) is 42.5 Å². The van der Waals surface area contributed by atoms with Crippen molar-refractivity contribution < 1.29 is 0 Å². The van der Waals surface area contributed by atoms with Gasteiger partial charge >= 0.3 is 0 Å². The second-order valence-electron chi connectivity index (χ2n) is 6.70. The highest BCUT2D eigenvalue weighted by Gasteiger charge is 2.13. The molecule has 0 saturated heterocycles. The summed E-state index contributed by atoms with van der Waals surface area (Å²) in [6.07, 6.45) is 7.62. The van der Waals surface area contributed by atoms with Gasteiger partial charge in [0.2, 0.25) is 0 Å². The molecule has 28 heavy (non-hydrogen) atoms. The van der Waals surface area contributed by atoms with Gasteiger partial charge in [-0.3, -0.25) is 4.98 Å². The van der Waals surface area contributed by atoms with E-state index >= 15 is 0 Å². The van der Waals surface area contributed by atoms with E-state index in [0.717, 1.165) is 44.7 Å². The van der Waals surface area contributed by atoms with Gasteiger partial charge in [0.25, 0.3) is 0 Å². The molecule has 0 aliphatic carbocycles. The lowest BCUT2D eigenvalue weighted by molar-refractivity contribution is 1.18. The number of rotatable bonds is 4. The number of benzene rings is 2. The Morgan fingerprint density at radius 2 is 1.86 bits per heavy atom. The normalized spacial score (nSPS) is 11.0. The van der Waals surface area contributed by atoms with E-state index in [0.29, 0.717) is 5.56 Å². The molecule has 0 atom stereocenters. The van der Waals surface area contributed by atoms with Crippen LogP contribution in [0.4, 0.5) is 11.4 Å². The number of aromatic amines is 1. The number of nitriles is 1. The number of anilines is 2. The van der Waals surface area contributed by atoms with Crippen LogP contribution in [0.25, 0.3) is 23.1 Å². The number of aryl methyl sites for hydroxylation is 2. The van der Waals surface area contributed by atoms with Gasteiger partial charge in [0, 0.05) is 40.2 Å². The van der Waals surface area contributed by atoms with Crippen LogP contribution in [-0.4, -0.2) is 9.97 Å². The average Bonchev–Trinajstić information content (AvgIpc) is 3.20. The van der Waals surface area contributed by atoms with E-state index in [2.05, 4.69) is 34.3 Å². The number of nitrogens with one attached hydrogen (secondary N) is 2. The molecule has 2 aromatic heterocycles. The van der Waals surface area contributed by atoms with Crippen molar-refractivity contribution in [3.63, 3.8) is 0 Å². The number of nitrogens with zero attached hydrogens (tertiary/aromatic N) is 2. The zero-order valence-electron chi connectivity index (χ0n) is 15.8. The van der Waals surface area contributed by atoms with Crippen LogP contribution in [0.2, 0.25) is 0 Å². The molecule has 0 unspecified atom stereocenters. The molecular weight excluding hydrogens is 344 g/mol. The minimum atomic E-state index is 0.520. The molecule has 4 rings (SSSR count). The van der Waals surface area contributed by atoms with Crippen molar-refractivity contribution >= 4 is 34.4 Å². The Morgan fingerprint density at radius 3 is 2.64 bits per heavy atom. The molecule has 2 N–H and O–H groups in total. The smallest absolute Gasteiger partial charge is 0.103 e. The third-order valence-corrected chi connectivity index (χ3v) is 4.94. The third kappa shape index (κ3) is 3.26. The molecule has 0 radical (unpaired) electrons. The minimum Gasteiger partial charge on any atom is -0.361 e. The van der Waals surface area contributed by atoms with Crippen LogP contribution in [0, 0.1) is 25.2 Å². The fraction of sp³-hybridized carbons (Fsp3) is 0.0833. The summed E-state index contributed by atoms with van der Waals surface area (Å²) in [7, 11) is 0. The maximum Gasteiger partial charge on any atom is 0.103 e. The largest absolute Gasteiger partial charge is 0.361 e. The maximum atomic E-state index is 9.65. The lowest BCUT2D eigenvalue weighted by Crippen LogP contribution is -2.02. The molecule has 4 heteroatoms. The fourth-order valence-electron chi connectivity index (χ4n) is 3.34. The van der Waals surface area contributed by atoms with Gasteiger partial charge in [-0.2, -0.15) is 5.26 Å². The van der Waals surface area contributed by atoms with Crippen LogP contribution in [0.1, 0.15) is 27.9 Å². The zero-order valence-corrected chi connectivity index (χ0v) is 15.8. The highest BCUT2D eigenvalue weighted by atomic mass is 14.9. The fourth-order valence-corrected chi connectivity index (χ4v) is 3.34. The first kappa shape index (κ1) is 17.6. The predicted octanol–water partition coefficient (Wildman–Crippen LogP) is 5.97. The molecular formula is C24H20N4. The van der Waals surface area contributed by atoms with E-state index in [9.17, 15) is 5.26 Å². The van der Waals surface area contributed by atoms with Crippen molar-refractivity contribution in [3.8, 4) is 6.07 Å². The number of fused-ring (bicyclic) bond motifs is 1. The van der Waals surface area contributed by atoms with Gasteiger partial charge in [0.1, 0.15) is 6.07 Å². The van der Waals surface area contributed by atoms with Gasteiger partial charge in [0.05, 0.1) is 11.3 Å². The van der Waals surface area contributed by atoms with E-state index < -0.39 is 0 Å². The molecule has 0 amide bonds. The first-order chi connectivity index (χ1) is 13.7. The van der Waals surface area contributed by atoms with Gasteiger partial charge in [-0.25, -0.2) is 0 Å². The van der Waals surface area contributed by atoms with Crippen molar-refractivity contribution in [2.24, 2.45) is 0 Å². The Morgan fingerprint density at radius 1 is 1.04 bits per heavy atom. The number of hydrogen-bond acceptors (Lipinski definition) is 3. The topological polar surface area (TPSA) is 64.5 Å². The summed E-state index contributed by atoms with van der Waals surface area (Å²) in [4.78, 5) is 7.64. The number of aromatic nitrogens is 2. The van der Waals surface area contributed by atoms with E-state index in [1.165, 1.54) is 0 Å². The second kappa shape index (κ2) is 7.42. The Hall–Kier alpha value is -3.84. The van der Waals surface area contributed by atoms with Crippen LogP contribution in [0.3, 0.4) is 0 Å². The molecule has 0 bridgehead atoms. The first-order valence-corrected chi connectivity index (χ1v) is 9.14. The summed E-state index contributed by atoms with van der Waals surface area (Å²) in [5, 5.41) is 14.3. The van der Waals surface area contributed by atoms with Crippen molar-refractivity contribution in [3.05, 3.63) is 88.9 Å². The third-order valence-electron chi connectivity index (χ3n) is 4.94. The van der Waals surface area contributed by atoms with Gasteiger partial charge in [0.15, 0.2) is 0 Å². The van der Waals surface area contributed by atoms with Crippen LogP contribution in [0.5, 0.6) is 0 Å². The Labute approximate surface area is 164 Å². The molecule has 0 saturated carbocycles. The van der Waals surface area contributed by atoms with Crippen LogP contribution < -0.4 is 5.32 Å². The molecule has 0 fully saturated rings. The summed E-state index contributed by atoms with van der Waals surface area (Å²) in [6, 6.07) is 18.5. The molecule has 0 aliphatic rings. The lowest BCUT2D eigenvalue weighted by atomic mass is 10.0. The maximum absolute atomic E-state index is 9.65. The molecule has 4 nitrogen and oxygen atoms in total. The predicted molar refractivity (Wildman–Crippen MR) is 115 cm³/mol. The Kier molecular flexibility index (Phi) is 4.65. The average molecular weight is 364 g/mol. The summed E-state index contributed by atoms with van der Waals surface area (Å²) in [6.45, 7) is 4.04. The van der Waals surface area contributed by atoms with E-state index in [1.807, 2.05) is 67.7 Å². The van der Waals surface area contributed by atoms with Gasteiger partial charge < -0.3 is 10.3 Å². The Bertz CT molecular complexity index is 1210. The number of pyridine rings is 1. The SMILES string of the molecule is Cc1ncc(C#N)c(Nc2ccc3[nH]ccc3c2C)c1/C=C/c1ccccc1. The van der Waals surface area contributed by atoms with Crippen molar-refractivity contribution in [1.82, 2.24) is 9.97 Å². The number of hydrogen-bond donors (Lipinski definition) is 2. The summed E-state index contributed by atoms with van der Waals surface area (Å²) < 4.78 is 0. The zero-order chi connectivity index (χ0) is 19.5. The highest BCUT2D eigenvalue weighted by molar-refractivity contribution is 5.90. The van der Waals surface area contributed by atoms with Gasteiger partial charge in [-0.15, -0.1) is 0 Å². The molecule has 2 heterocycles. The van der Waals surface area contributed by atoms with Crippen LogP contribution in [0.15, 0.2) is 60.9 Å². The summed E-state index contributed by atoms with van der Waals surface area (Å²) in [5.74, 6) is 0. The van der Waals surface area contributed by atoms with Gasteiger partial charge in [-0.05, 0) is 43.2 Å². The van der Waals surface area contributed by atoms with Crippen molar-refractivity contribution in [2.45, 2.75) is 13.8 Å². The lowest BCUT2D eigenvalue weighted by Gasteiger charge is -2.15. The monoisotopic (exact) mass is 364 g/mol. The quantitative estimate of drug-likeness (QED) is 0.469. The van der Waals surface area contributed by atoms with E-state index in [1.54, 1.807) is 6.20 Å². The Balaban J connectivity index is 1.80. The summed E-state index contributed by atoms with van der Waals surface area (Å²) >= 11 is 0. The standard InChI is InChI=1S/C24H20N4/c1-16-20-12-13-26-23(20)11-10-22(16)28-24-19(14-25)15-27-17(2)21(24)9-8-18-6-4-3-5-7-18/h3-13,15,26H,1-2H3,(H,27,28)/b9-8+. The molecule has 4 aromatic rings. The highest BCUT2D eigenvalue weighted by Crippen LogP contribution is 2.32. The van der Waals surface area contributed by atoms with Crippen LogP contribution in [-0.2, 0) is 0 Å². The first-order valence-electron chi connectivity index (χ1n) is 9.14. The molecule has 0 aliphatic heterocycles.